The number of carbonyl (C=O) groups excluding carboxylic acids is 5. The van der Waals surface area contributed by atoms with Crippen molar-refractivity contribution in [3.05, 3.63) is 35.9 Å². The maximum Gasteiger partial charge on any atom is 0.408 e. The number of nitrogens with zero attached hydrogens (tertiary/aromatic N) is 1. The number of alkyl carbamates (subject to hydrolysis) is 1. The van der Waals surface area contributed by atoms with Crippen LogP contribution in [0, 0.1) is 11.8 Å². The summed E-state index contributed by atoms with van der Waals surface area (Å²) in [5.41, 5.74) is 0.104. The first-order valence-corrected chi connectivity index (χ1v) is 13.8. The van der Waals surface area contributed by atoms with Gasteiger partial charge in [-0.25, -0.2) is 9.59 Å². The Kier molecular flexibility index (Phi) is 11.9. The van der Waals surface area contributed by atoms with Crippen molar-refractivity contribution in [3.63, 3.8) is 0 Å². The fourth-order valence-electron chi connectivity index (χ4n) is 4.26. The van der Waals surface area contributed by atoms with Crippen LogP contribution >= 0.6 is 0 Å². The third-order valence-electron chi connectivity index (χ3n) is 6.33. The van der Waals surface area contributed by atoms with Crippen molar-refractivity contribution in [2.75, 3.05) is 13.1 Å². The predicted octanol–water partition coefficient (Wildman–Crippen LogP) is 2.53. The summed E-state index contributed by atoms with van der Waals surface area (Å²) in [6.07, 6.45) is 0.325. The molecule has 1 fully saturated rings. The minimum Gasteiger partial charge on any atom is -0.459 e. The first kappa shape index (κ1) is 32.6. The molecule has 0 aliphatic carbocycles. The van der Waals surface area contributed by atoms with E-state index in [0.717, 1.165) is 5.56 Å². The average molecular weight is 561 g/mol. The molecule has 4 amide bonds. The highest BCUT2D eigenvalue weighted by molar-refractivity contribution is 5.94. The maximum absolute atomic E-state index is 13.3. The molecule has 3 N–H and O–H groups in total. The van der Waals surface area contributed by atoms with Gasteiger partial charge in [0.15, 0.2) is 0 Å². The molecule has 11 nitrogen and oxygen atoms in total. The number of hydrogen-bond donors (Lipinski definition) is 3. The third kappa shape index (κ3) is 10.2. The van der Waals surface area contributed by atoms with Gasteiger partial charge in [0, 0.05) is 6.54 Å². The second-order valence-corrected chi connectivity index (χ2v) is 11.7. The summed E-state index contributed by atoms with van der Waals surface area (Å²) in [4.78, 5) is 65.3. The number of ether oxygens (including phenoxy) is 2. The molecule has 0 unspecified atom stereocenters. The Bertz CT molecular complexity index is 1040. The van der Waals surface area contributed by atoms with E-state index < -0.39 is 47.6 Å². The molecular weight excluding hydrogens is 516 g/mol. The van der Waals surface area contributed by atoms with Crippen LogP contribution in [0.1, 0.15) is 66.9 Å². The second-order valence-electron chi connectivity index (χ2n) is 11.7. The van der Waals surface area contributed by atoms with E-state index in [1.165, 1.54) is 4.90 Å². The Morgan fingerprint density at radius 2 is 1.57 bits per heavy atom. The summed E-state index contributed by atoms with van der Waals surface area (Å²) in [6, 6.07) is 6.67. The SMILES string of the molecule is CC(C)[C@H](NC(=O)CNC(=O)[C@H]1CCCN1C(=O)[C@@H](NC(=O)OC(C)(C)C)C(C)C)C(=O)OCc1ccccc1. The third-order valence-corrected chi connectivity index (χ3v) is 6.33. The van der Waals surface area contributed by atoms with E-state index in [1.54, 1.807) is 48.5 Å². The quantitative estimate of drug-likeness (QED) is 0.353. The molecule has 222 valence electrons. The molecule has 3 atom stereocenters. The van der Waals surface area contributed by atoms with E-state index in [1.807, 2.05) is 30.3 Å². The Balaban J connectivity index is 1.94. The van der Waals surface area contributed by atoms with Gasteiger partial charge in [-0.3, -0.25) is 14.4 Å². The van der Waals surface area contributed by atoms with Gasteiger partial charge >= 0.3 is 12.1 Å². The normalized spacial score (nSPS) is 16.7. The van der Waals surface area contributed by atoms with Crippen molar-refractivity contribution in [1.82, 2.24) is 20.9 Å². The maximum atomic E-state index is 13.3. The lowest BCUT2D eigenvalue weighted by Crippen LogP contribution is -2.56. The van der Waals surface area contributed by atoms with Gasteiger partial charge in [-0.05, 0) is 51.0 Å². The zero-order valence-electron chi connectivity index (χ0n) is 24.6. The largest absolute Gasteiger partial charge is 0.459 e. The van der Waals surface area contributed by atoms with E-state index in [-0.39, 0.29) is 30.9 Å². The number of rotatable bonds is 11. The molecule has 0 spiro atoms. The Morgan fingerprint density at radius 3 is 2.15 bits per heavy atom. The molecule has 1 heterocycles. The molecule has 0 aromatic heterocycles. The summed E-state index contributed by atoms with van der Waals surface area (Å²) in [5, 5.41) is 7.85. The van der Waals surface area contributed by atoms with E-state index in [9.17, 15) is 24.0 Å². The monoisotopic (exact) mass is 560 g/mol. The first-order valence-electron chi connectivity index (χ1n) is 13.8. The number of benzene rings is 1. The van der Waals surface area contributed by atoms with Crippen molar-refractivity contribution >= 4 is 29.8 Å². The molecule has 40 heavy (non-hydrogen) atoms. The summed E-state index contributed by atoms with van der Waals surface area (Å²) in [7, 11) is 0. The van der Waals surface area contributed by atoms with Crippen LogP contribution in [0.25, 0.3) is 0 Å². The number of carbonyl (C=O) groups is 5. The minimum absolute atomic E-state index is 0.0845. The smallest absolute Gasteiger partial charge is 0.408 e. The fraction of sp³-hybridized carbons (Fsp3) is 0.621. The Labute approximate surface area is 236 Å². The summed E-state index contributed by atoms with van der Waals surface area (Å²) in [5.74, 6) is -2.46. The van der Waals surface area contributed by atoms with E-state index in [2.05, 4.69) is 16.0 Å². The summed E-state index contributed by atoms with van der Waals surface area (Å²) in [6.45, 7) is 12.4. The molecule has 1 aromatic rings. The topological polar surface area (TPSA) is 143 Å². The Morgan fingerprint density at radius 1 is 0.950 bits per heavy atom. The van der Waals surface area contributed by atoms with Crippen molar-refractivity contribution in [2.45, 2.75) is 91.6 Å². The van der Waals surface area contributed by atoms with Crippen LogP contribution in [-0.4, -0.2) is 71.5 Å². The lowest BCUT2D eigenvalue weighted by atomic mass is 10.0. The van der Waals surface area contributed by atoms with Crippen LogP contribution in [0.15, 0.2) is 30.3 Å². The summed E-state index contributed by atoms with van der Waals surface area (Å²) >= 11 is 0. The molecule has 1 saturated heterocycles. The molecule has 1 aliphatic heterocycles. The molecule has 11 heteroatoms. The minimum atomic E-state index is -0.886. The van der Waals surface area contributed by atoms with Gasteiger partial charge in [-0.2, -0.15) is 0 Å². The lowest BCUT2D eigenvalue weighted by molar-refractivity contribution is -0.150. The van der Waals surface area contributed by atoms with Crippen LogP contribution < -0.4 is 16.0 Å². The van der Waals surface area contributed by atoms with Gasteiger partial charge in [-0.15, -0.1) is 0 Å². The number of hydrogen-bond acceptors (Lipinski definition) is 7. The van der Waals surface area contributed by atoms with Gasteiger partial charge in [0.05, 0.1) is 6.54 Å². The number of nitrogens with one attached hydrogen (secondary N) is 3. The number of esters is 1. The zero-order chi connectivity index (χ0) is 30.0. The van der Waals surface area contributed by atoms with Crippen LogP contribution in [0.5, 0.6) is 0 Å². The molecule has 1 aliphatic rings. The van der Waals surface area contributed by atoms with Crippen molar-refractivity contribution in [2.24, 2.45) is 11.8 Å². The van der Waals surface area contributed by atoms with Gasteiger partial charge < -0.3 is 30.3 Å². The standard InChI is InChI=1S/C29H44N4O7/c1-18(2)23(32-28(38)40-29(5,6)7)26(36)33-15-11-14-21(33)25(35)30-16-22(34)31-24(19(3)4)27(37)39-17-20-12-9-8-10-13-20/h8-10,12-13,18-19,21,23-24H,11,14-17H2,1-7H3,(H,30,35)(H,31,34)(H,32,38)/t21-,23+,24+/m1/s1. The van der Waals surface area contributed by atoms with Gasteiger partial charge in [0.2, 0.25) is 17.7 Å². The molecule has 1 aromatic carbocycles. The molecular formula is C29H44N4O7. The van der Waals surface area contributed by atoms with Gasteiger partial charge in [0.25, 0.3) is 0 Å². The second kappa shape index (κ2) is 14.7. The fourth-order valence-corrected chi connectivity index (χ4v) is 4.26. The van der Waals surface area contributed by atoms with Gasteiger partial charge in [-0.1, -0.05) is 58.0 Å². The van der Waals surface area contributed by atoms with Crippen LogP contribution in [-0.2, 0) is 35.3 Å². The van der Waals surface area contributed by atoms with Crippen LogP contribution in [0.4, 0.5) is 4.79 Å². The highest BCUT2D eigenvalue weighted by Crippen LogP contribution is 2.21. The van der Waals surface area contributed by atoms with E-state index >= 15 is 0 Å². The molecule has 2 rings (SSSR count). The number of amides is 4. The Hall–Kier alpha value is -3.63. The molecule has 0 saturated carbocycles. The van der Waals surface area contributed by atoms with Crippen LogP contribution in [0.3, 0.4) is 0 Å². The predicted molar refractivity (Wildman–Crippen MR) is 149 cm³/mol. The highest BCUT2D eigenvalue weighted by atomic mass is 16.6. The lowest BCUT2D eigenvalue weighted by Gasteiger charge is -2.31. The average Bonchev–Trinajstić information content (AvgIpc) is 3.36. The first-order chi connectivity index (χ1) is 18.7. The van der Waals surface area contributed by atoms with Crippen molar-refractivity contribution < 1.29 is 33.4 Å². The van der Waals surface area contributed by atoms with Gasteiger partial charge in [0.1, 0.15) is 30.3 Å². The van der Waals surface area contributed by atoms with Crippen LogP contribution in [0.2, 0.25) is 0 Å². The van der Waals surface area contributed by atoms with E-state index in [0.29, 0.717) is 19.4 Å². The summed E-state index contributed by atoms with van der Waals surface area (Å²) < 4.78 is 10.7. The number of likely N-dealkylation sites (tertiary alicyclic amines) is 1. The van der Waals surface area contributed by atoms with Crippen molar-refractivity contribution in [3.8, 4) is 0 Å². The zero-order valence-corrected chi connectivity index (χ0v) is 24.6. The van der Waals surface area contributed by atoms with E-state index in [4.69, 9.17) is 9.47 Å². The molecule has 0 radical (unpaired) electrons. The molecule has 0 bridgehead atoms. The highest BCUT2D eigenvalue weighted by Gasteiger charge is 2.39. The van der Waals surface area contributed by atoms with Crippen molar-refractivity contribution in [1.29, 1.82) is 0 Å².